The first-order chi connectivity index (χ1) is 15.4. The molecular weight excluding hydrogens is 426 g/mol. The number of hydrogen-bond acceptors (Lipinski definition) is 4. The number of H-pyrrole nitrogens is 1. The largest absolute Gasteiger partial charge is 0.327 e. The van der Waals surface area contributed by atoms with Gasteiger partial charge in [-0.2, -0.15) is 0 Å². The molecule has 0 aliphatic heterocycles. The summed E-state index contributed by atoms with van der Waals surface area (Å²) in [5.74, 6) is -0.677. The van der Waals surface area contributed by atoms with E-state index in [1.54, 1.807) is 12.1 Å². The van der Waals surface area contributed by atoms with Crippen LogP contribution in [0.3, 0.4) is 0 Å². The van der Waals surface area contributed by atoms with Gasteiger partial charge in [0.05, 0.1) is 4.90 Å². The van der Waals surface area contributed by atoms with Gasteiger partial charge in [0.2, 0.25) is 10.0 Å². The number of carbonyl (C=O) groups is 1. The molecule has 1 fully saturated rings. The highest BCUT2D eigenvalue weighted by Crippen LogP contribution is 2.28. The van der Waals surface area contributed by atoms with Gasteiger partial charge in [-0.3, -0.25) is 9.59 Å². The number of carbonyl (C=O) groups excluding carboxylic acids is 1. The van der Waals surface area contributed by atoms with Crippen molar-refractivity contribution in [1.82, 2.24) is 9.71 Å². The topological polar surface area (TPSA) is 108 Å². The first-order valence-electron chi connectivity index (χ1n) is 10.6. The minimum atomic E-state index is -3.86. The number of benzene rings is 2. The summed E-state index contributed by atoms with van der Waals surface area (Å²) in [6.07, 6.45) is 5.76. The van der Waals surface area contributed by atoms with Gasteiger partial charge in [-0.1, -0.05) is 67.8 Å². The first-order valence-corrected chi connectivity index (χ1v) is 12.1. The quantitative estimate of drug-likeness (QED) is 0.528. The van der Waals surface area contributed by atoms with Gasteiger partial charge >= 0.3 is 0 Å². The van der Waals surface area contributed by atoms with E-state index >= 15 is 0 Å². The lowest BCUT2D eigenvalue weighted by Gasteiger charge is -2.22. The summed E-state index contributed by atoms with van der Waals surface area (Å²) in [5.41, 5.74) is 1.30. The Bertz CT molecular complexity index is 1260. The zero-order valence-electron chi connectivity index (χ0n) is 17.5. The summed E-state index contributed by atoms with van der Waals surface area (Å²) in [4.78, 5) is 27.5. The fourth-order valence-electron chi connectivity index (χ4n) is 3.95. The van der Waals surface area contributed by atoms with Crippen LogP contribution < -0.4 is 15.6 Å². The molecule has 1 heterocycles. The van der Waals surface area contributed by atoms with Gasteiger partial charge in [-0.05, 0) is 30.5 Å². The van der Waals surface area contributed by atoms with Crippen molar-refractivity contribution in [3.05, 3.63) is 82.8 Å². The van der Waals surface area contributed by atoms with E-state index in [4.69, 9.17) is 0 Å². The second-order valence-electron chi connectivity index (χ2n) is 7.90. The third kappa shape index (κ3) is 4.98. The Hall–Kier alpha value is -3.23. The van der Waals surface area contributed by atoms with Gasteiger partial charge in [0, 0.05) is 23.5 Å². The molecule has 4 rings (SSSR count). The molecular formula is C24H25N3O4S. The van der Waals surface area contributed by atoms with Crippen molar-refractivity contribution in [3.8, 4) is 11.1 Å². The Balaban J connectivity index is 1.60. The summed E-state index contributed by atoms with van der Waals surface area (Å²) < 4.78 is 28.3. The molecule has 0 unspecified atom stereocenters. The van der Waals surface area contributed by atoms with Crippen molar-refractivity contribution in [2.45, 2.75) is 43.0 Å². The molecule has 0 radical (unpaired) electrons. The van der Waals surface area contributed by atoms with Gasteiger partial charge in [-0.25, -0.2) is 13.1 Å². The van der Waals surface area contributed by atoms with E-state index in [0.29, 0.717) is 5.69 Å². The van der Waals surface area contributed by atoms with Crippen molar-refractivity contribution in [2.75, 3.05) is 5.32 Å². The van der Waals surface area contributed by atoms with Gasteiger partial charge in [0.1, 0.15) is 5.56 Å². The molecule has 0 spiro atoms. The number of sulfonamides is 1. The van der Waals surface area contributed by atoms with E-state index < -0.39 is 21.5 Å². The average Bonchev–Trinajstić information content (AvgIpc) is 2.80. The highest BCUT2D eigenvalue weighted by Gasteiger charge is 2.24. The molecule has 0 atom stereocenters. The number of hydrogen-bond donors (Lipinski definition) is 3. The molecule has 32 heavy (non-hydrogen) atoms. The maximum atomic E-state index is 12.9. The van der Waals surface area contributed by atoms with Crippen LogP contribution in [0, 0.1) is 0 Å². The van der Waals surface area contributed by atoms with Crippen LogP contribution in [0.15, 0.2) is 76.6 Å². The van der Waals surface area contributed by atoms with Crippen molar-refractivity contribution in [2.24, 2.45) is 0 Å². The standard InChI is InChI=1S/C24H25N3O4S/c28-23-21(15-19(16-25-23)32(30,31)27-18-11-5-2-6-12-18)24(29)26-22-14-8-7-13-20(22)17-9-3-1-4-10-17/h1,3-4,7-10,13-16,18,27H,2,5-6,11-12H2,(H,25,28)(H,26,29). The molecule has 166 valence electrons. The first kappa shape index (κ1) is 22.0. The Morgan fingerprint density at radius 2 is 1.62 bits per heavy atom. The number of pyridine rings is 1. The van der Waals surface area contributed by atoms with E-state index in [9.17, 15) is 18.0 Å². The lowest BCUT2D eigenvalue weighted by molar-refractivity contribution is 0.102. The van der Waals surface area contributed by atoms with Crippen LogP contribution >= 0.6 is 0 Å². The molecule has 1 aliphatic carbocycles. The SMILES string of the molecule is O=C(Nc1ccccc1-c1ccccc1)c1cc(S(=O)(=O)NC2CCCCC2)c[nH]c1=O. The number of anilines is 1. The van der Waals surface area contributed by atoms with E-state index in [1.165, 1.54) is 0 Å². The Morgan fingerprint density at radius 3 is 2.38 bits per heavy atom. The van der Waals surface area contributed by atoms with Crippen LogP contribution in [0.2, 0.25) is 0 Å². The number of amides is 1. The zero-order chi connectivity index (χ0) is 22.6. The van der Waals surface area contributed by atoms with Crippen LogP contribution in [0.25, 0.3) is 11.1 Å². The van der Waals surface area contributed by atoms with Crippen molar-refractivity contribution in [3.63, 3.8) is 0 Å². The van der Waals surface area contributed by atoms with Crippen LogP contribution in [-0.2, 0) is 10.0 Å². The molecule has 0 bridgehead atoms. The fraction of sp³-hybridized carbons (Fsp3) is 0.250. The third-order valence-electron chi connectivity index (χ3n) is 5.62. The maximum absolute atomic E-state index is 12.9. The number of aromatic amines is 1. The molecule has 1 aliphatic rings. The monoisotopic (exact) mass is 451 g/mol. The van der Waals surface area contributed by atoms with E-state index in [2.05, 4.69) is 15.0 Å². The second kappa shape index (κ2) is 9.50. The predicted octanol–water partition coefficient (Wildman–Crippen LogP) is 3.91. The summed E-state index contributed by atoms with van der Waals surface area (Å²) in [5, 5.41) is 2.75. The van der Waals surface area contributed by atoms with E-state index in [0.717, 1.165) is 55.5 Å². The van der Waals surface area contributed by atoms with Crippen LogP contribution in [0.5, 0.6) is 0 Å². The molecule has 1 amide bonds. The summed E-state index contributed by atoms with van der Waals surface area (Å²) in [6, 6.07) is 17.8. The second-order valence-corrected chi connectivity index (χ2v) is 9.61. The number of nitrogens with one attached hydrogen (secondary N) is 3. The molecule has 1 aromatic heterocycles. The number of rotatable bonds is 6. The van der Waals surface area contributed by atoms with Crippen LogP contribution in [-0.4, -0.2) is 25.4 Å². The molecule has 0 saturated heterocycles. The van der Waals surface area contributed by atoms with E-state index in [1.807, 2.05) is 42.5 Å². The molecule has 3 aromatic rings. The molecule has 7 nitrogen and oxygen atoms in total. The van der Waals surface area contributed by atoms with Crippen molar-refractivity contribution >= 4 is 21.6 Å². The van der Waals surface area contributed by atoms with E-state index in [-0.39, 0.29) is 16.5 Å². The summed E-state index contributed by atoms with van der Waals surface area (Å²) in [6.45, 7) is 0. The maximum Gasteiger partial charge on any atom is 0.261 e. The highest BCUT2D eigenvalue weighted by molar-refractivity contribution is 7.89. The number of para-hydroxylation sites is 1. The summed E-state index contributed by atoms with van der Waals surface area (Å²) >= 11 is 0. The minimum Gasteiger partial charge on any atom is -0.327 e. The Morgan fingerprint density at radius 1 is 0.938 bits per heavy atom. The molecule has 3 N–H and O–H groups in total. The van der Waals surface area contributed by atoms with Gasteiger partial charge < -0.3 is 10.3 Å². The highest BCUT2D eigenvalue weighted by atomic mass is 32.2. The van der Waals surface area contributed by atoms with Crippen LogP contribution in [0.1, 0.15) is 42.5 Å². The normalized spacial score (nSPS) is 14.8. The van der Waals surface area contributed by atoms with Crippen molar-refractivity contribution in [1.29, 1.82) is 0 Å². The van der Waals surface area contributed by atoms with Gasteiger partial charge in [0.25, 0.3) is 11.5 Å². The van der Waals surface area contributed by atoms with Gasteiger partial charge in [-0.15, -0.1) is 0 Å². The lowest BCUT2D eigenvalue weighted by atomic mass is 9.96. The Kier molecular flexibility index (Phi) is 6.53. The average molecular weight is 452 g/mol. The van der Waals surface area contributed by atoms with Crippen molar-refractivity contribution < 1.29 is 13.2 Å². The molecule has 2 aromatic carbocycles. The third-order valence-corrected chi connectivity index (χ3v) is 7.12. The molecule has 1 saturated carbocycles. The van der Waals surface area contributed by atoms with Crippen LogP contribution in [0.4, 0.5) is 5.69 Å². The predicted molar refractivity (Wildman–Crippen MR) is 124 cm³/mol. The Labute approximate surface area is 186 Å². The zero-order valence-corrected chi connectivity index (χ0v) is 18.3. The van der Waals surface area contributed by atoms with Gasteiger partial charge in [0.15, 0.2) is 0 Å². The molecule has 8 heteroatoms. The smallest absolute Gasteiger partial charge is 0.261 e. The minimum absolute atomic E-state index is 0.129. The fourth-order valence-corrected chi connectivity index (χ4v) is 5.24. The number of aromatic nitrogens is 1. The lowest BCUT2D eigenvalue weighted by Crippen LogP contribution is -2.36. The summed E-state index contributed by atoms with van der Waals surface area (Å²) in [7, 11) is -3.86.